The molecule has 0 radical (unpaired) electrons. The van der Waals surface area contributed by atoms with E-state index in [1.165, 1.54) is 0 Å². The Morgan fingerprint density at radius 3 is 2.65 bits per heavy atom. The molecule has 20 heavy (non-hydrogen) atoms. The van der Waals surface area contributed by atoms with Crippen molar-refractivity contribution >= 4 is 17.3 Å². The van der Waals surface area contributed by atoms with Gasteiger partial charge in [0.25, 0.3) is 0 Å². The van der Waals surface area contributed by atoms with Crippen LogP contribution in [0.15, 0.2) is 18.6 Å². The zero-order chi connectivity index (χ0) is 14.7. The average molecular weight is 276 g/mol. The third-order valence-electron chi connectivity index (χ3n) is 3.38. The first-order valence-electron chi connectivity index (χ1n) is 7.08. The summed E-state index contributed by atoms with van der Waals surface area (Å²) >= 11 is 0. The van der Waals surface area contributed by atoms with E-state index in [9.17, 15) is 0 Å². The molecule has 6 heteroatoms. The summed E-state index contributed by atoms with van der Waals surface area (Å²) in [6.07, 6.45) is 5.38. The molecule has 0 aromatic carbocycles. The lowest BCUT2D eigenvalue weighted by Gasteiger charge is -2.30. The molecule has 3 N–H and O–H groups in total. The van der Waals surface area contributed by atoms with Crippen molar-refractivity contribution in [3.05, 3.63) is 18.6 Å². The second-order valence-corrected chi connectivity index (χ2v) is 5.52. The van der Waals surface area contributed by atoms with Crippen molar-refractivity contribution in [1.29, 1.82) is 0 Å². The second kappa shape index (κ2) is 6.09. The average Bonchev–Trinajstić information content (AvgIpc) is 2.81. The summed E-state index contributed by atoms with van der Waals surface area (Å²) in [6.45, 7) is 10.6. The Kier molecular flexibility index (Phi) is 4.44. The third kappa shape index (κ3) is 3.19. The number of anilines is 2. The van der Waals surface area contributed by atoms with Crippen LogP contribution in [0.3, 0.4) is 0 Å². The van der Waals surface area contributed by atoms with Crippen LogP contribution in [0, 0.1) is 0 Å². The van der Waals surface area contributed by atoms with Crippen molar-refractivity contribution in [2.24, 2.45) is 0 Å². The van der Waals surface area contributed by atoms with E-state index in [1.54, 1.807) is 12.4 Å². The van der Waals surface area contributed by atoms with Gasteiger partial charge >= 0.3 is 0 Å². The molecule has 0 amide bonds. The summed E-state index contributed by atoms with van der Waals surface area (Å²) in [5.74, 6) is 1.23. The Bertz CT molecular complexity index is 552. The van der Waals surface area contributed by atoms with Gasteiger partial charge in [0.05, 0.1) is 6.20 Å². The highest BCUT2D eigenvalue weighted by Crippen LogP contribution is 2.14. The number of aromatic nitrogens is 3. The lowest BCUT2D eigenvalue weighted by atomic mass is 10.2. The molecule has 2 heterocycles. The molecule has 0 saturated carbocycles. The van der Waals surface area contributed by atoms with Crippen molar-refractivity contribution in [3.8, 4) is 0 Å². The van der Waals surface area contributed by atoms with Crippen molar-refractivity contribution in [2.75, 3.05) is 24.1 Å². The van der Waals surface area contributed by atoms with Gasteiger partial charge < -0.3 is 15.5 Å². The predicted molar refractivity (Wildman–Crippen MR) is 82.9 cm³/mol. The number of nitrogens with zero attached hydrogens (tertiary/aromatic N) is 4. The normalized spacial score (nSPS) is 11.9. The van der Waals surface area contributed by atoms with Gasteiger partial charge in [-0.25, -0.2) is 9.97 Å². The minimum absolute atomic E-state index is 0.488. The Hall–Kier alpha value is -1.82. The number of fused-ring (bicyclic) bond motifs is 1. The minimum Gasteiger partial charge on any atom is -0.382 e. The molecule has 0 aliphatic carbocycles. The summed E-state index contributed by atoms with van der Waals surface area (Å²) in [5, 5.41) is 3.34. The highest BCUT2D eigenvalue weighted by molar-refractivity contribution is 5.64. The summed E-state index contributed by atoms with van der Waals surface area (Å²) in [5.41, 5.74) is 6.61. The van der Waals surface area contributed by atoms with Gasteiger partial charge in [-0.05, 0) is 27.7 Å². The van der Waals surface area contributed by atoms with Crippen LogP contribution < -0.4 is 11.1 Å². The van der Waals surface area contributed by atoms with Gasteiger partial charge in [0.15, 0.2) is 11.5 Å². The first-order valence-corrected chi connectivity index (χ1v) is 7.08. The van der Waals surface area contributed by atoms with E-state index in [-0.39, 0.29) is 0 Å². The monoisotopic (exact) mass is 276 g/mol. The fraction of sp³-hybridized carbons (Fsp3) is 0.571. The molecule has 0 spiro atoms. The topological polar surface area (TPSA) is 71.5 Å². The lowest BCUT2D eigenvalue weighted by molar-refractivity contribution is 0.182. The van der Waals surface area contributed by atoms with Crippen molar-refractivity contribution in [3.63, 3.8) is 0 Å². The zero-order valence-electron chi connectivity index (χ0n) is 12.7. The highest BCUT2D eigenvalue weighted by Gasteiger charge is 2.13. The Balaban J connectivity index is 2.04. The molecule has 0 unspecified atom stereocenters. The van der Waals surface area contributed by atoms with E-state index in [4.69, 9.17) is 5.73 Å². The number of hydrogen-bond acceptors (Lipinski definition) is 5. The van der Waals surface area contributed by atoms with Gasteiger partial charge in [0.1, 0.15) is 5.82 Å². The Morgan fingerprint density at radius 1 is 1.30 bits per heavy atom. The van der Waals surface area contributed by atoms with Crippen LogP contribution >= 0.6 is 0 Å². The molecular formula is C14H24N6. The van der Waals surface area contributed by atoms with Gasteiger partial charge in [0.2, 0.25) is 0 Å². The number of imidazole rings is 1. The molecule has 0 aliphatic rings. The summed E-state index contributed by atoms with van der Waals surface area (Å²) in [6, 6.07) is 1.05. The van der Waals surface area contributed by atoms with Gasteiger partial charge in [-0.2, -0.15) is 0 Å². The van der Waals surface area contributed by atoms with Crippen LogP contribution in [0.25, 0.3) is 5.65 Å². The van der Waals surface area contributed by atoms with Crippen LogP contribution in [0.4, 0.5) is 11.6 Å². The second-order valence-electron chi connectivity index (χ2n) is 5.52. The number of nitrogens with two attached hydrogens (primary N) is 1. The number of nitrogen functional groups attached to an aromatic ring is 1. The first-order chi connectivity index (χ1) is 9.49. The molecule has 6 nitrogen and oxygen atoms in total. The maximum absolute atomic E-state index is 5.80. The van der Waals surface area contributed by atoms with Gasteiger partial charge in [-0.3, -0.25) is 4.90 Å². The summed E-state index contributed by atoms with van der Waals surface area (Å²) < 4.78 is 1.88. The summed E-state index contributed by atoms with van der Waals surface area (Å²) in [7, 11) is 0. The molecule has 2 aromatic heterocycles. The molecule has 0 bridgehead atoms. The first kappa shape index (κ1) is 14.6. The van der Waals surface area contributed by atoms with E-state index < -0.39 is 0 Å². The van der Waals surface area contributed by atoms with E-state index >= 15 is 0 Å². The number of hydrogen-bond donors (Lipinski definition) is 2. The third-order valence-corrected chi connectivity index (χ3v) is 3.38. The standard InChI is InChI=1S/C14H24N6/c1-10(2)20(11(3)4)8-6-16-13-14-17-5-7-19(14)9-12(15)18-13/h5,7,9-11H,6,8,15H2,1-4H3,(H,16,18). The Morgan fingerprint density at radius 2 is 2.00 bits per heavy atom. The summed E-state index contributed by atoms with van der Waals surface area (Å²) in [4.78, 5) is 11.1. The van der Waals surface area contributed by atoms with E-state index in [0.29, 0.717) is 17.9 Å². The van der Waals surface area contributed by atoms with E-state index in [1.807, 2.05) is 10.6 Å². The maximum atomic E-state index is 5.80. The fourth-order valence-electron chi connectivity index (χ4n) is 2.49. The largest absolute Gasteiger partial charge is 0.382 e. The molecule has 2 rings (SSSR count). The van der Waals surface area contributed by atoms with Crippen LogP contribution in [0.5, 0.6) is 0 Å². The molecule has 0 saturated heterocycles. The fourth-order valence-corrected chi connectivity index (χ4v) is 2.49. The molecule has 0 aliphatic heterocycles. The number of rotatable bonds is 6. The number of nitrogens with one attached hydrogen (secondary N) is 1. The molecule has 0 atom stereocenters. The van der Waals surface area contributed by atoms with E-state index in [0.717, 1.165) is 24.6 Å². The van der Waals surface area contributed by atoms with Gasteiger partial charge in [0, 0.05) is 37.6 Å². The van der Waals surface area contributed by atoms with Crippen molar-refractivity contribution in [1.82, 2.24) is 19.3 Å². The van der Waals surface area contributed by atoms with Crippen LogP contribution in [0.2, 0.25) is 0 Å². The SMILES string of the molecule is CC(C)N(CCNc1nc(N)cn2ccnc12)C(C)C. The molecule has 0 fully saturated rings. The Labute approximate surface area is 120 Å². The quantitative estimate of drug-likeness (QED) is 0.842. The molecule has 110 valence electrons. The minimum atomic E-state index is 0.488. The van der Waals surface area contributed by atoms with Crippen LogP contribution in [-0.2, 0) is 0 Å². The zero-order valence-corrected chi connectivity index (χ0v) is 12.7. The van der Waals surface area contributed by atoms with Crippen molar-refractivity contribution in [2.45, 2.75) is 39.8 Å². The predicted octanol–water partition coefficient (Wildman–Crippen LogP) is 1.84. The highest BCUT2D eigenvalue weighted by atomic mass is 15.2. The van der Waals surface area contributed by atoms with Crippen molar-refractivity contribution < 1.29 is 0 Å². The van der Waals surface area contributed by atoms with Gasteiger partial charge in [-0.1, -0.05) is 0 Å². The maximum Gasteiger partial charge on any atom is 0.180 e. The molecular weight excluding hydrogens is 252 g/mol. The lowest BCUT2D eigenvalue weighted by Crippen LogP contribution is -2.40. The molecule has 2 aromatic rings. The van der Waals surface area contributed by atoms with E-state index in [2.05, 4.69) is 47.9 Å². The van der Waals surface area contributed by atoms with Crippen LogP contribution in [-0.4, -0.2) is 44.4 Å². The van der Waals surface area contributed by atoms with Crippen LogP contribution in [0.1, 0.15) is 27.7 Å². The smallest absolute Gasteiger partial charge is 0.180 e. The van der Waals surface area contributed by atoms with Gasteiger partial charge in [-0.15, -0.1) is 0 Å².